The van der Waals surface area contributed by atoms with Crippen LogP contribution in [0.4, 0.5) is 0 Å². The fourth-order valence-electron chi connectivity index (χ4n) is 2.69. The van der Waals surface area contributed by atoms with Crippen LogP contribution in [-0.2, 0) is 13.7 Å². The van der Waals surface area contributed by atoms with Gasteiger partial charge in [-0.15, -0.1) is 0 Å². The average molecular weight is 327 g/mol. The summed E-state index contributed by atoms with van der Waals surface area (Å²) >= 11 is 0. The van der Waals surface area contributed by atoms with Crippen molar-refractivity contribution < 1.29 is 13.7 Å². The molecule has 21 heavy (non-hydrogen) atoms. The highest BCUT2D eigenvalue weighted by Gasteiger charge is 2.51. The first-order valence-corrected chi connectivity index (χ1v) is 13.1. The van der Waals surface area contributed by atoms with Crippen LogP contribution in [0.25, 0.3) is 0 Å². The third kappa shape index (κ3) is 4.86. The van der Waals surface area contributed by atoms with Crippen molar-refractivity contribution in [2.24, 2.45) is 0 Å². The standard InChI is InChI=1S/C16H30O3Si2/c1-10-11-16(14(17)12(2)3,15(18)13(4)5)20(6)19-21(7,8)9/h20H,2,4,10-11H2,1,3,5-9H3. The van der Waals surface area contributed by atoms with Crippen molar-refractivity contribution >= 4 is 28.9 Å². The summed E-state index contributed by atoms with van der Waals surface area (Å²) in [7, 11) is -3.90. The summed E-state index contributed by atoms with van der Waals surface area (Å²) in [5.41, 5.74) is 0.855. The lowest BCUT2D eigenvalue weighted by atomic mass is 9.86. The lowest BCUT2D eigenvalue weighted by Crippen LogP contribution is -2.50. The van der Waals surface area contributed by atoms with Crippen LogP contribution >= 0.6 is 0 Å². The van der Waals surface area contributed by atoms with E-state index in [1.54, 1.807) is 13.8 Å². The fraction of sp³-hybridized carbons (Fsp3) is 0.625. The summed E-state index contributed by atoms with van der Waals surface area (Å²) in [6, 6.07) is 0. The van der Waals surface area contributed by atoms with Crippen LogP contribution in [0.2, 0.25) is 31.2 Å². The van der Waals surface area contributed by atoms with Gasteiger partial charge in [0.15, 0.2) is 28.9 Å². The van der Waals surface area contributed by atoms with Gasteiger partial charge in [0.05, 0.1) is 0 Å². The Morgan fingerprint density at radius 1 is 1.10 bits per heavy atom. The minimum atomic E-state index is -2.08. The van der Waals surface area contributed by atoms with E-state index < -0.39 is 22.4 Å². The Morgan fingerprint density at radius 2 is 1.48 bits per heavy atom. The first-order valence-electron chi connectivity index (χ1n) is 7.48. The van der Waals surface area contributed by atoms with E-state index in [1.165, 1.54) is 0 Å². The van der Waals surface area contributed by atoms with Gasteiger partial charge < -0.3 is 4.12 Å². The largest absolute Gasteiger partial charge is 0.457 e. The van der Waals surface area contributed by atoms with Crippen LogP contribution in [0.3, 0.4) is 0 Å². The molecule has 5 heteroatoms. The molecule has 0 radical (unpaired) electrons. The van der Waals surface area contributed by atoms with Gasteiger partial charge in [-0.05, 0) is 57.6 Å². The highest BCUT2D eigenvalue weighted by molar-refractivity contribution is 6.81. The normalized spacial score (nSPS) is 13.7. The Hall–Kier alpha value is -0.786. The van der Waals surface area contributed by atoms with E-state index in [-0.39, 0.29) is 11.6 Å². The summed E-state index contributed by atoms with van der Waals surface area (Å²) in [5, 5.41) is -1.05. The minimum absolute atomic E-state index is 0.158. The van der Waals surface area contributed by atoms with E-state index in [0.29, 0.717) is 17.6 Å². The van der Waals surface area contributed by atoms with Gasteiger partial charge in [-0.3, -0.25) is 9.59 Å². The van der Waals surface area contributed by atoms with Crippen LogP contribution in [0, 0.1) is 0 Å². The molecule has 3 nitrogen and oxygen atoms in total. The molecule has 0 aliphatic rings. The number of carbonyl (C=O) groups is 2. The molecule has 0 heterocycles. The predicted molar refractivity (Wildman–Crippen MR) is 94.7 cm³/mol. The summed E-state index contributed by atoms with van der Waals surface area (Å²) in [6.07, 6.45) is 1.27. The van der Waals surface area contributed by atoms with Crippen molar-refractivity contribution in [2.75, 3.05) is 0 Å². The number of Topliss-reactive ketones (excluding diaryl/α,β-unsaturated/α-hetero) is 2. The number of ketones is 2. The lowest BCUT2D eigenvalue weighted by molar-refractivity contribution is -0.128. The van der Waals surface area contributed by atoms with E-state index in [1.807, 2.05) is 13.5 Å². The molecule has 0 fully saturated rings. The molecule has 0 rings (SSSR count). The smallest absolute Gasteiger partial charge is 0.182 e. The maximum atomic E-state index is 12.8. The zero-order chi connectivity index (χ0) is 17.0. The predicted octanol–water partition coefficient (Wildman–Crippen LogP) is 4.02. The van der Waals surface area contributed by atoms with Gasteiger partial charge in [0.2, 0.25) is 0 Å². The topological polar surface area (TPSA) is 43.4 Å². The molecule has 1 atom stereocenters. The number of allylic oxidation sites excluding steroid dienone is 2. The van der Waals surface area contributed by atoms with E-state index >= 15 is 0 Å². The molecule has 0 aliphatic heterocycles. The Morgan fingerprint density at radius 3 is 1.71 bits per heavy atom. The molecular formula is C16H30O3Si2. The Balaban J connectivity index is 6.02. The maximum Gasteiger partial charge on any atom is 0.182 e. The van der Waals surface area contributed by atoms with E-state index in [0.717, 1.165) is 6.42 Å². The molecule has 0 bridgehead atoms. The Kier molecular flexibility index (Phi) is 7.19. The highest BCUT2D eigenvalue weighted by atomic mass is 28.4. The van der Waals surface area contributed by atoms with Crippen molar-refractivity contribution in [1.29, 1.82) is 0 Å². The zero-order valence-electron chi connectivity index (χ0n) is 14.6. The third-order valence-corrected chi connectivity index (χ3v) is 9.90. The molecule has 1 unspecified atom stereocenters. The van der Waals surface area contributed by atoms with Gasteiger partial charge in [-0.1, -0.05) is 26.5 Å². The molecule has 0 saturated heterocycles. The monoisotopic (exact) mass is 326 g/mol. The van der Waals surface area contributed by atoms with Gasteiger partial charge in [0.1, 0.15) is 5.04 Å². The van der Waals surface area contributed by atoms with Crippen LogP contribution in [0.5, 0.6) is 0 Å². The van der Waals surface area contributed by atoms with Crippen molar-refractivity contribution in [3.63, 3.8) is 0 Å². The molecule has 0 aromatic rings. The molecule has 0 aromatic carbocycles. The number of carbonyl (C=O) groups excluding carboxylic acids is 2. The molecule has 0 N–H and O–H groups in total. The highest BCUT2D eigenvalue weighted by Crippen LogP contribution is 2.43. The Bertz CT molecular complexity index is 421. The lowest BCUT2D eigenvalue weighted by Gasteiger charge is -2.38. The second kappa shape index (κ2) is 7.47. The second-order valence-corrected chi connectivity index (χ2v) is 14.3. The van der Waals surface area contributed by atoms with E-state index in [2.05, 4.69) is 32.8 Å². The molecule has 0 aromatic heterocycles. The zero-order valence-corrected chi connectivity index (χ0v) is 16.8. The van der Waals surface area contributed by atoms with Crippen LogP contribution in [0.15, 0.2) is 24.3 Å². The van der Waals surface area contributed by atoms with Gasteiger partial charge in [-0.25, -0.2) is 0 Å². The molecule has 0 amide bonds. The SMILES string of the molecule is C=C(C)C(=O)C(CCC)(C(=O)C(=C)C)[SiH](C)O[Si](C)(C)C. The second-order valence-electron chi connectivity index (χ2n) is 6.81. The van der Waals surface area contributed by atoms with Gasteiger partial charge >= 0.3 is 0 Å². The van der Waals surface area contributed by atoms with Gasteiger partial charge in [0, 0.05) is 0 Å². The summed E-state index contributed by atoms with van der Waals surface area (Å²) in [4.78, 5) is 25.7. The quantitative estimate of drug-likeness (QED) is 0.365. The molecule has 0 saturated carbocycles. The summed E-state index contributed by atoms with van der Waals surface area (Å²) < 4.78 is 6.25. The van der Waals surface area contributed by atoms with Gasteiger partial charge in [0.25, 0.3) is 0 Å². The van der Waals surface area contributed by atoms with Crippen molar-refractivity contribution in [2.45, 2.75) is 64.8 Å². The molecule has 0 aliphatic carbocycles. The molecule has 120 valence electrons. The number of hydrogen-bond donors (Lipinski definition) is 0. The fourth-order valence-corrected chi connectivity index (χ4v) is 9.66. The first-order chi connectivity index (χ1) is 9.40. The molecule has 0 spiro atoms. The van der Waals surface area contributed by atoms with Crippen molar-refractivity contribution in [1.82, 2.24) is 0 Å². The minimum Gasteiger partial charge on any atom is -0.457 e. The first kappa shape index (κ1) is 20.2. The maximum absolute atomic E-state index is 12.8. The van der Waals surface area contributed by atoms with E-state index in [4.69, 9.17) is 4.12 Å². The van der Waals surface area contributed by atoms with Crippen LogP contribution in [-0.4, -0.2) is 28.9 Å². The molecular weight excluding hydrogens is 296 g/mol. The number of hydrogen-bond acceptors (Lipinski definition) is 3. The summed E-state index contributed by atoms with van der Waals surface area (Å²) in [6.45, 7) is 21.1. The summed E-state index contributed by atoms with van der Waals surface area (Å²) in [5.74, 6) is -0.315. The van der Waals surface area contributed by atoms with E-state index in [9.17, 15) is 9.59 Å². The average Bonchev–Trinajstić information content (AvgIpc) is 2.31. The Labute approximate surface area is 132 Å². The third-order valence-electron chi connectivity index (χ3n) is 3.45. The number of rotatable bonds is 9. The van der Waals surface area contributed by atoms with Gasteiger partial charge in [-0.2, -0.15) is 0 Å². The van der Waals surface area contributed by atoms with Crippen LogP contribution in [0.1, 0.15) is 33.6 Å². The van der Waals surface area contributed by atoms with Crippen molar-refractivity contribution in [3.8, 4) is 0 Å². The van der Waals surface area contributed by atoms with Crippen LogP contribution < -0.4 is 0 Å². The van der Waals surface area contributed by atoms with Crippen molar-refractivity contribution in [3.05, 3.63) is 24.3 Å².